The number of halogens is 1. The van der Waals surface area contributed by atoms with E-state index >= 15 is 0 Å². The molecule has 0 fully saturated rings. The highest BCUT2D eigenvalue weighted by Gasteiger charge is 2.14. The van der Waals surface area contributed by atoms with Crippen molar-refractivity contribution < 1.29 is 14.1 Å². The molecule has 5 nitrogen and oxygen atoms in total. The number of nitro benzene ring substituents is 1. The maximum Gasteiger partial charge on any atom is 0.305 e. The monoisotopic (exact) mass is 262 g/mol. The van der Waals surface area contributed by atoms with Crippen LogP contribution in [0, 0.1) is 15.9 Å². The van der Waals surface area contributed by atoms with Crippen LogP contribution in [-0.4, -0.2) is 16.5 Å². The summed E-state index contributed by atoms with van der Waals surface area (Å²) in [7, 11) is 0. The summed E-state index contributed by atoms with van der Waals surface area (Å²) in [5.74, 6) is -0.629. The molecule has 2 rings (SSSR count). The Morgan fingerprint density at radius 2 is 2.21 bits per heavy atom. The number of nitro groups is 1. The Labute approximate surface area is 108 Å². The van der Waals surface area contributed by atoms with E-state index in [1.54, 1.807) is 12.4 Å². The van der Waals surface area contributed by atoms with Crippen molar-refractivity contribution in [1.82, 2.24) is 4.98 Å². The number of aromatic nitrogens is 1. The van der Waals surface area contributed by atoms with Crippen molar-refractivity contribution in [1.29, 1.82) is 0 Å². The summed E-state index contributed by atoms with van der Waals surface area (Å²) >= 11 is 0. The molecule has 0 aliphatic rings. The Morgan fingerprint density at radius 3 is 2.84 bits per heavy atom. The fraction of sp³-hybridized carbons (Fsp3) is 0.154. The summed E-state index contributed by atoms with van der Waals surface area (Å²) in [4.78, 5) is 13.6. The molecule has 0 radical (unpaired) electrons. The van der Waals surface area contributed by atoms with Crippen molar-refractivity contribution in [3.05, 3.63) is 64.2 Å². The second-order valence-electron chi connectivity index (χ2n) is 3.83. The predicted molar refractivity (Wildman–Crippen MR) is 66.5 cm³/mol. The Morgan fingerprint density at radius 1 is 1.37 bits per heavy atom. The van der Waals surface area contributed by atoms with Crippen molar-refractivity contribution >= 4 is 5.69 Å². The van der Waals surface area contributed by atoms with Gasteiger partial charge in [0.1, 0.15) is 5.75 Å². The molecule has 0 N–H and O–H groups in total. The van der Waals surface area contributed by atoms with Crippen LogP contribution in [0.5, 0.6) is 5.75 Å². The number of rotatable bonds is 5. The predicted octanol–water partition coefficient (Wildman–Crippen LogP) is 2.75. The van der Waals surface area contributed by atoms with Crippen molar-refractivity contribution in [2.45, 2.75) is 6.42 Å². The maximum absolute atomic E-state index is 13.3. The van der Waals surface area contributed by atoms with E-state index in [2.05, 4.69) is 4.98 Å². The van der Waals surface area contributed by atoms with Crippen LogP contribution in [-0.2, 0) is 6.42 Å². The van der Waals surface area contributed by atoms with E-state index in [9.17, 15) is 14.5 Å². The molecule has 0 atom stereocenters. The van der Waals surface area contributed by atoms with Crippen molar-refractivity contribution in [3.63, 3.8) is 0 Å². The normalized spacial score (nSPS) is 10.2. The minimum absolute atomic E-state index is 0.270. The number of pyridine rings is 1. The standard InChI is InChI=1S/C13H11FN2O3/c14-12-8-11(3-4-13(12)16(17)18)19-7-5-10-2-1-6-15-9-10/h1-4,6,8-9H,5,7H2. The van der Waals surface area contributed by atoms with Crippen LogP contribution in [0.4, 0.5) is 10.1 Å². The molecule has 0 amide bonds. The molecule has 98 valence electrons. The van der Waals surface area contributed by atoms with E-state index in [1.165, 1.54) is 6.07 Å². The van der Waals surface area contributed by atoms with Gasteiger partial charge >= 0.3 is 5.69 Å². The fourth-order valence-electron chi connectivity index (χ4n) is 1.56. The van der Waals surface area contributed by atoms with Gasteiger partial charge in [-0.25, -0.2) is 0 Å². The molecule has 0 spiro atoms. The summed E-state index contributed by atoms with van der Waals surface area (Å²) in [5.41, 5.74) is 0.449. The topological polar surface area (TPSA) is 65.3 Å². The number of hydrogen-bond donors (Lipinski definition) is 0. The Kier molecular flexibility index (Phi) is 4.02. The molecule has 1 heterocycles. The van der Waals surface area contributed by atoms with Crippen LogP contribution in [0.2, 0.25) is 0 Å². The van der Waals surface area contributed by atoms with Crippen LogP contribution in [0.1, 0.15) is 5.56 Å². The molecule has 0 aliphatic carbocycles. The lowest BCUT2D eigenvalue weighted by Gasteiger charge is -2.06. The lowest BCUT2D eigenvalue weighted by molar-refractivity contribution is -0.387. The SMILES string of the molecule is O=[N+]([O-])c1ccc(OCCc2cccnc2)cc1F. The van der Waals surface area contributed by atoms with Crippen molar-refractivity contribution in [3.8, 4) is 5.75 Å². The lowest BCUT2D eigenvalue weighted by atomic mass is 10.2. The lowest BCUT2D eigenvalue weighted by Crippen LogP contribution is -2.02. The van der Waals surface area contributed by atoms with E-state index in [-0.39, 0.29) is 5.75 Å². The highest BCUT2D eigenvalue weighted by Crippen LogP contribution is 2.22. The molecule has 0 bridgehead atoms. The van der Waals surface area contributed by atoms with Gasteiger partial charge in [-0.05, 0) is 17.7 Å². The largest absolute Gasteiger partial charge is 0.493 e. The summed E-state index contributed by atoms with van der Waals surface area (Å²) in [6.45, 7) is 0.350. The average Bonchev–Trinajstić information content (AvgIpc) is 2.39. The first kappa shape index (κ1) is 12.9. The number of hydrogen-bond acceptors (Lipinski definition) is 4. The van der Waals surface area contributed by atoms with Gasteiger partial charge < -0.3 is 4.74 Å². The fourth-order valence-corrected chi connectivity index (χ4v) is 1.56. The van der Waals surface area contributed by atoms with Gasteiger partial charge in [-0.1, -0.05) is 6.07 Å². The minimum Gasteiger partial charge on any atom is -0.493 e. The molecular weight excluding hydrogens is 251 g/mol. The van der Waals surface area contributed by atoms with Crippen LogP contribution in [0.25, 0.3) is 0 Å². The van der Waals surface area contributed by atoms with Gasteiger partial charge in [0.2, 0.25) is 5.82 Å². The third-order valence-corrected chi connectivity index (χ3v) is 2.50. The Hall–Kier alpha value is -2.50. The first-order chi connectivity index (χ1) is 9.16. The van der Waals surface area contributed by atoms with E-state index in [4.69, 9.17) is 4.74 Å². The first-order valence-electron chi connectivity index (χ1n) is 5.62. The van der Waals surface area contributed by atoms with Crippen LogP contribution in [0.3, 0.4) is 0 Å². The van der Waals surface area contributed by atoms with E-state index in [0.717, 1.165) is 17.7 Å². The number of nitrogens with zero attached hydrogens (tertiary/aromatic N) is 2. The van der Waals surface area contributed by atoms with Gasteiger partial charge in [-0.15, -0.1) is 0 Å². The highest BCUT2D eigenvalue weighted by atomic mass is 19.1. The Balaban J connectivity index is 1.93. The summed E-state index contributed by atoms with van der Waals surface area (Å²) in [5, 5.41) is 10.4. The van der Waals surface area contributed by atoms with Crippen molar-refractivity contribution in [2.24, 2.45) is 0 Å². The number of ether oxygens (including phenoxy) is 1. The third kappa shape index (κ3) is 3.48. The van der Waals surface area contributed by atoms with Gasteiger partial charge in [0, 0.05) is 30.9 Å². The number of benzene rings is 1. The van der Waals surface area contributed by atoms with Gasteiger partial charge in [0.05, 0.1) is 11.5 Å². The van der Waals surface area contributed by atoms with Crippen LogP contribution in [0.15, 0.2) is 42.7 Å². The zero-order valence-electron chi connectivity index (χ0n) is 9.95. The quantitative estimate of drug-likeness (QED) is 0.614. The summed E-state index contributed by atoms with van der Waals surface area (Å²) in [6.07, 6.45) is 4.03. The average molecular weight is 262 g/mol. The second kappa shape index (κ2) is 5.90. The maximum atomic E-state index is 13.3. The molecule has 1 aromatic carbocycles. The summed E-state index contributed by atoms with van der Waals surface area (Å²) in [6, 6.07) is 7.22. The first-order valence-corrected chi connectivity index (χ1v) is 5.62. The van der Waals surface area contributed by atoms with Crippen LogP contribution >= 0.6 is 0 Å². The molecule has 0 saturated carbocycles. The molecule has 0 aliphatic heterocycles. The smallest absolute Gasteiger partial charge is 0.305 e. The highest BCUT2D eigenvalue weighted by molar-refractivity contribution is 5.37. The van der Waals surface area contributed by atoms with E-state index < -0.39 is 16.4 Å². The summed E-state index contributed by atoms with van der Waals surface area (Å²) < 4.78 is 18.7. The van der Waals surface area contributed by atoms with Crippen LogP contribution < -0.4 is 4.74 Å². The van der Waals surface area contributed by atoms with E-state index in [1.807, 2.05) is 12.1 Å². The Bertz CT molecular complexity index is 575. The molecule has 2 aromatic rings. The zero-order chi connectivity index (χ0) is 13.7. The molecule has 19 heavy (non-hydrogen) atoms. The molecule has 0 saturated heterocycles. The molecule has 6 heteroatoms. The third-order valence-electron chi connectivity index (χ3n) is 2.50. The van der Waals surface area contributed by atoms with Crippen molar-refractivity contribution in [2.75, 3.05) is 6.61 Å². The molecular formula is C13H11FN2O3. The molecule has 0 unspecified atom stereocenters. The zero-order valence-corrected chi connectivity index (χ0v) is 9.95. The van der Waals surface area contributed by atoms with Gasteiger partial charge in [-0.2, -0.15) is 4.39 Å². The van der Waals surface area contributed by atoms with Gasteiger partial charge in [0.15, 0.2) is 0 Å². The second-order valence-corrected chi connectivity index (χ2v) is 3.83. The van der Waals surface area contributed by atoms with E-state index in [0.29, 0.717) is 13.0 Å². The minimum atomic E-state index is -0.899. The van der Waals surface area contributed by atoms with Gasteiger partial charge in [0.25, 0.3) is 0 Å². The molecule has 1 aromatic heterocycles. The van der Waals surface area contributed by atoms with Gasteiger partial charge in [-0.3, -0.25) is 15.1 Å².